The average molecular weight is 346 g/mol. The fraction of sp³-hybridized carbons (Fsp3) is 0.952. The normalized spacial score (nSPS) is 63.4. The maximum Gasteiger partial charge on any atom is 0.311 e. The molecule has 6 rings (SSSR count). The van der Waals surface area contributed by atoms with Crippen LogP contribution in [0.2, 0.25) is 0 Å². The van der Waals surface area contributed by atoms with Gasteiger partial charge in [0, 0.05) is 10.8 Å². The van der Waals surface area contributed by atoms with Crippen LogP contribution in [0.3, 0.4) is 0 Å². The van der Waals surface area contributed by atoms with Crippen LogP contribution in [-0.4, -0.2) is 37.0 Å². The molecule has 3 spiro atoms. The lowest BCUT2D eigenvalue weighted by molar-refractivity contribution is -0.185. The van der Waals surface area contributed by atoms with E-state index in [-0.39, 0.29) is 28.0 Å². The second kappa shape index (κ2) is 4.11. The van der Waals surface area contributed by atoms with Crippen LogP contribution >= 0.6 is 0 Å². The third-order valence-electron chi connectivity index (χ3n) is 9.89. The zero-order valence-electron chi connectivity index (χ0n) is 15.7. The van der Waals surface area contributed by atoms with Gasteiger partial charge in [0.05, 0.1) is 30.8 Å². The summed E-state index contributed by atoms with van der Waals surface area (Å²) < 4.78 is 18.0. The molecule has 2 heterocycles. The number of fused-ring (bicyclic) bond motifs is 3. The Hall–Kier alpha value is -0.610. The van der Waals surface area contributed by atoms with Gasteiger partial charge in [0.2, 0.25) is 0 Å². The molecular weight excluding hydrogens is 316 g/mol. The van der Waals surface area contributed by atoms with Crippen molar-refractivity contribution in [3.05, 3.63) is 0 Å². The highest BCUT2D eigenvalue weighted by Crippen LogP contribution is 2.82. The van der Waals surface area contributed by atoms with Crippen molar-refractivity contribution in [2.75, 3.05) is 13.7 Å². The quantitative estimate of drug-likeness (QED) is 0.539. The topological polar surface area (TPSA) is 51.4 Å². The van der Waals surface area contributed by atoms with Gasteiger partial charge in [0.1, 0.15) is 5.60 Å². The predicted octanol–water partition coefficient (Wildman–Crippen LogP) is 3.47. The van der Waals surface area contributed by atoms with Gasteiger partial charge < -0.3 is 14.2 Å². The zero-order chi connectivity index (χ0) is 17.3. The number of carbonyl (C=O) groups is 1. The summed E-state index contributed by atoms with van der Waals surface area (Å²) in [5.74, 6) is 1.09. The van der Waals surface area contributed by atoms with E-state index in [1.807, 2.05) is 0 Å². The van der Waals surface area contributed by atoms with Crippen molar-refractivity contribution in [1.82, 2.24) is 0 Å². The highest BCUT2D eigenvalue weighted by molar-refractivity contribution is 5.77. The maximum absolute atomic E-state index is 12.8. The molecule has 0 aromatic carbocycles. The van der Waals surface area contributed by atoms with Crippen molar-refractivity contribution in [2.24, 2.45) is 28.1 Å². The molecule has 0 aromatic rings. The number of ether oxygens (including phenoxy) is 3. The predicted molar refractivity (Wildman–Crippen MR) is 90.9 cm³/mol. The zero-order valence-corrected chi connectivity index (χ0v) is 15.7. The number of epoxide rings is 2. The van der Waals surface area contributed by atoms with Crippen molar-refractivity contribution in [3.8, 4) is 0 Å². The summed E-state index contributed by atoms with van der Waals surface area (Å²) in [6.07, 6.45) is 9.70. The van der Waals surface area contributed by atoms with Gasteiger partial charge in [-0.1, -0.05) is 13.3 Å². The van der Waals surface area contributed by atoms with E-state index in [0.717, 1.165) is 25.9 Å². The molecule has 138 valence electrons. The molecule has 0 amide bonds. The Morgan fingerprint density at radius 3 is 2.72 bits per heavy atom. The minimum Gasteiger partial charge on any atom is -0.469 e. The summed E-state index contributed by atoms with van der Waals surface area (Å²) in [6, 6.07) is 0. The molecule has 8 atom stereocenters. The Bertz CT molecular complexity index is 671. The summed E-state index contributed by atoms with van der Waals surface area (Å²) in [7, 11) is 1.55. The largest absolute Gasteiger partial charge is 0.469 e. The first-order valence-electron chi connectivity index (χ1n) is 10.3. The summed E-state index contributed by atoms with van der Waals surface area (Å²) in [5.41, 5.74) is 0.259. The van der Waals surface area contributed by atoms with Crippen LogP contribution in [0.25, 0.3) is 0 Å². The first-order chi connectivity index (χ1) is 11.9. The first-order valence-corrected chi connectivity index (χ1v) is 10.3. The van der Waals surface area contributed by atoms with E-state index in [1.54, 1.807) is 7.11 Å². The highest BCUT2D eigenvalue weighted by atomic mass is 16.6. The number of carbonyl (C=O) groups excluding carboxylic acids is 1. The van der Waals surface area contributed by atoms with Crippen LogP contribution in [0.5, 0.6) is 0 Å². The van der Waals surface area contributed by atoms with Crippen molar-refractivity contribution in [3.63, 3.8) is 0 Å². The van der Waals surface area contributed by atoms with E-state index in [2.05, 4.69) is 13.8 Å². The third-order valence-corrected chi connectivity index (χ3v) is 9.89. The van der Waals surface area contributed by atoms with Crippen molar-refractivity contribution in [2.45, 2.75) is 82.5 Å². The summed E-state index contributed by atoms with van der Waals surface area (Å²) in [4.78, 5) is 12.8. The lowest BCUT2D eigenvalue weighted by Crippen LogP contribution is -2.64. The second-order valence-electron chi connectivity index (χ2n) is 10.6. The van der Waals surface area contributed by atoms with E-state index in [4.69, 9.17) is 14.2 Å². The van der Waals surface area contributed by atoms with E-state index < -0.39 is 0 Å². The van der Waals surface area contributed by atoms with Crippen LogP contribution in [0.4, 0.5) is 0 Å². The minimum atomic E-state index is -0.349. The second-order valence-corrected chi connectivity index (χ2v) is 10.6. The summed E-state index contributed by atoms with van der Waals surface area (Å²) in [6.45, 7) is 5.60. The number of rotatable bonds is 1. The van der Waals surface area contributed by atoms with E-state index >= 15 is 0 Å². The number of esters is 1. The standard InChI is InChI=1S/C21H30O4/c1-17(16(22)23-3)6-4-7-18(2)14(17)5-8-19-10-13(20(11-19)12-24-20)9-15-21(18,19)25-15/h13-15H,4-12H2,1-3H3/t13-,14-,15-,17-,18-,19+,20+,21+/m1/s1. The van der Waals surface area contributed by atoms with Crippen molar-refractivity contribution >= 4 is 5.97 Å². The molecule has 0 unspecified atom stereocenters. The van der Waals surface area contributed by atoms with Crippen LogP contribution in [0.15, 0.2) is 0 Å². The summed E-state index contributed by atoms with van der Waals surface area (Å²) >= 11 is 0. The fourth-order valence-electron chi connectivity index (χ4n) is 8.93. The Morgan fingerprint density at radius 2 is 2.00 bits per heavy atom. The lowest BCUT2D eigenvalue weighted by atomic mass is 9.40. The molecule has 0 aromatic heterocycles. The monoisotopic (exact) mass is 346 g/mol. The van der Waals surface area contributed by atoms with Crippen LogP contribution in [0.1, 0.15) is 65.2 Å². The molecular formula is C21H30O4. The third kappa shape index (κ3) is 1.43. The Kier molecular flexibility index (Phi) is 2.54. The van der Waals surface area contributed by atoms with E-state index in [1.165, 1.54) is 32.1 Å². The average Bonchev–Trinajstić information content (AvgIpc) is 3.46. The minimum absolute atomic E-state index is 0.00453. The van der Waals surface area contributed by atoms with Gasteiger partial charge in [0.25, 0.3) is 0 Å². The number of methoxy groups -OCH3 is 1. The SMILES string of the molecule is COC(=O)[C@]1(C)CCC[C@]2(C)[C@@H]1CC[C@@]13C[C@@H](C[C@H]4O[C@]412)[C@@]1(CO1)C3. The molecule has 0 N–H and O–H groups in total. The molecule has 4 aliphatic carbocycles. The van der Waals surface area contributed by atoms with Gasteiger partial charge in [-0.05, 0) is 63.7 Å². The smallest absolute Gasteiger partial charge is 0.311 e. The van der Waals surface area contributed by atoms with Crippen molar-refractivity contribution in [1.29, 1.82) is 0 Å². The van der Waals surface area contributed by atoms with Crippen LogP contribution in [0, 0.1) is 28.1 Å². The Morgan fingerprint density at radius 1 is 1.20 bits per heavy atom. The molecule has 4 nitrogen and oxygen atoms in total. The first kappa shape index (κ1) is 15.4. The van der Waals surface area contributed by atoms with Gasteiger partial charge in [-0.25, -0.2) is 0 Å². The van der Waals surface area contributed by atoms with Gasteiger partial charge in [-0.2, -0.15) is 0 Å². The van der Waals surface area contributed by atoms with Gasteiger partial charge >= 0.3 is 5.97 Å². The lowest BCUT2D eigenvalue weighted by Gasteiger charge is -2.62. The van der Waals surface area contributed by atoms with Crippen LogP contribution in [-0.2, 0) is 19.0 Å². The van der Waals surface area contributed by atoms with E-state index in [0.29, 0.717) is 23.4 Å². The van der Waals surface area contributed by atoms with Gasteiger partial charge in [-0.15, -0.1) is 0 Å². The highest BCUT2D eigenvalue weighted by Gasteiger charge is 2.87. The molecule has 4 saturated carbocycles. The maximum atomic E-state index is 12.8. The fourth-order valence-corrected chi connectivity index (χ4v) is 8.93. The molecule has 2 aliphatic heterocycles. The molecule has 2 bridgehead atoms. The number of hydrogen-bond acceptors (Lipinski definition) is 4. The Labute approximate surface area is 150 Å². The number of hydrogen-bond donors (Lipinski definition) is 0. The molecule has 6 fully saturated rings. The Balaban J connectivity index is 1.46. The molecule has 4 heteroatoms. The molecule has 25 heavy (non-hydrogen) atoms. The van der Waals surface area contributed by atoms with Gasteiger partial charge in [0.15, 0.2) is 0 Å². The molecule has 0 radical (unpaired) electrons. The molecule has 2 saturated heterocycles. The van der Waals surface area contributed by atoms with Gasteiger partial charge in [-0.3, -0.25) is 4.79 Å². The molecule has 6 aliphatic rings. The van der Waals surface area contributed by atoms with E-state index in [9.17, 15) is 4.79 Å². The summed E-state index contributed by atoms with van der Waals surface area (Å²) in [5, 5.41) is 0. The van der Waals surface area contributed by atoms with Crippen LogP contribution < -0.4 is 0 Å². The van der Waals surface area contributed by atoms with Crippen molar-refractivity contribution < 1.29 is 19.0 Å².